The Morgan fingerprint density at radius 1 is 1.35 bits per heavy atom. The highest BCUT2D eigenvalue weighted by molar-refractivity contribution is 8.03. The van der Waals surface area contributed by atoms with E-state index in [0.29, 0.717) is 16.1 Å². The van der Waals surface area contributed by atoms with E-state index in [1.165, 1.54) is 34.9 Å². The van der Waals surface area contributed by atoms with Crippen LogP contribution < -0.4 is 5.73 Å². The molecule has 0 saturated carbocycles. The number of nitrogens with zero attached hydrogens (tertiary/aromatic N) is 4. The van der Waals surface area contributed by atoms with E-state index in [-0.39, 0.29) is 16.9 Å². The summed E-state index contributed by atoms with van der Waals surface area (Å²) in [5, 5.41) is 18.2. The van der Waals surface area contributed by atoms with Gasteiger partial charge in [-0.15, -0.1) is 31.7 Å². The molecule has 3 aromatic heterocycles. The highest BCUT2D eigenvalue weighted by Gasteiger charge is 2.19. The third kappa shape index (κ3) is 4.31. The summed E-state index contributed by atoms with van der Waals surface area (Å²) in [7, 11) is 0. The van der Waals surface area contributed by atoms with Crippen LogP contribution in [-0.2, 0) is 4.79 Å². The van der Waals surface area contributed by atoms with Gasteiger partial charge in [-0.3, -0.25) is 4.79 Å². The van der Waals surface area contributed by atoms with Crippen LogP contribution in [0.3, 0.4) is 0 Å². The van der Waals surface area contributed by atoms with Crippen molar-refractivity contribution in [2.45, 2.75) is 20.9 Å². The number of nitrogens with two attached hydrogens (primary N) is 1. The lowest BCUT2D eigenvalue weighted by atomic mass is 10.5. The Hall–Kier alpha value is -1.43. The van der Waals surface area contributed by atoms with Crippen molar-refractivity contribution in [1.29, 1.82) is 0 Å². The van der Waals surface area contributed by atoms with Crippen LogP contribution in [0.2, 0.25) is 0 Å². The molecule has 0 aliphatic rings. The molecule has 0 aromatic carbocycles. The monoisotopic (exact) mass is 385 g/mol. The van der Waals surface area contributed by atoms with Gasteiger partial charge in [-0.1, -0.05) is 40.9 Å². The molecule has 0 aliphatic carbocycles. The molecule has 0 bridgehead atoms. The molecule has 0 radical (unpaired) electrons. The Balaban J connectivity index is 1.63. The topological polar surface area (TPSA) is 108 Å². The smallest absolute Gasteiger partial charge is 0.257 e. The van der Waals surface area contributed by atoms with Gasteiger partial charge in [0.15, 0.2) is 8.68 Å². The number of hydrogen-bond donors (Lipinski definition) is 1. The summed E-state index contributed by atoms with van der Waals surface area (Å²) in [6.07, 6.45) is 0. The molecule has 120 valence electrons. The summed E-state index contributed by atoms with van der Waals surface area (Å²) in [5.74, 6) is 0.889. The normalized spacial score (nSPS) is 12.4. The first-order valence-electron chi connectivity index (χ1n) is 6.40. The quantitative estimate of drug-likeness (QED) is 0.618. The predicted octanol–water partition coefficient (Wildman–Crippen LogP) is 3.08. The highest BCUT2D eigenvalue weighted by atomic mass is 32.2. The molecule has 0 saturated heterocycles. The van der Waals surface area contributed by atoms with Crippen LogP contribution >= 0.6 is 46.2 Å². The third-order valence-corrected chi connectivity index (χ3v) is 6.63. The van der Waals surface area contributed by atoms with E-state index in [9.17, 15) is 4.79 Å². The van der Waals surface area contributed by atoms with Gasteiger partial charge in [0, 0.05) is 0 Å². The van der Waals surface area contributed by atoms with Crippen LogP contribution in [0, 0.1) is 0 Å². The minimum Gasteiger partial charge on any atom is -0.419 e. The summed E-state index contributed by atoms with van der Waals surface area (Å²) >= 11 is 5.73. The predicted molar refractivity (Wildman–Crippen MR) is 91.7 cm³/mol. The van der Waals surface area contributed by atoms with E-state index < -0.39 is 0 Å². The van der Waals surface area contributed by atoms with Crippen LogP contribution in [0.4, 0.5) is 0 Å². The zero-order chi connectivity index (χ0) is 16.2. The summed E-state index contributed by atoms with van der Waals surface area (Å²) in [5.41, 5.74) is 5.11. The fraction of sp³-hybridized carbons (Fsp3) is 0.250. The number of thioether (sulfide) groups is 2. The van der Waals surface area contributed by atoms with Crippen LogP contribution in [-0.4, -0.2) is 32.1 Å². The molecule has 2 N–H and O–H groups in total. The molecule has 3 heterocycles. The van der Waals surface area contributed by atoms with Crippen LogP contribution in [0.15, 0.2) is 30.6 Å². The van der Waals surface area contributed by atoms with E-state index in [0.717, 1.165) is 9.22 Å². The Morgan fingerprint density at radius 3 is 2.91 bits per heavy atom. The number of hydrogen-bond acceptors (Lipinski definition) is 10. The molecule has 1 atom stereocenters. The maximum Gasteiger partial charge on any atom is 0.257 e. The molecule has 0 spiro atoms. The van der Waals surface area contributed by atoms with Crippen molar-refractivity contribution < 1.29 is 9.21 Å². The van der Waals surface area contributed by atoms with E-state index in [1.54, 1.807) is 11.3 Å². The summed E-state index contributed by atoms with van der Waals surface area (Å²) in [6, 6.07) is 3.88. The van der Waals surface area contributed by atoms with Crippen molar-refractivity contribution in [2.75, 3.05) is 5.75 Å². The first-order chi connectivity index (χ1) is 11.1. The van der Waals surface area contributed by atoms with E-state index >= 15 is 0 Å². The fourth-order valence-corrected chi connectivity index (χ4v) is 5.11. The van der Waals surface area contributed by atoms with Gasteiger partial charge in [0.25, 0.3) is 5.89 Å². The molecule has 3 rings (SSSR count). The number of amides is 1. The van der Waals surface area contributed by atoms with E-state index in [4.69, 9.17) is 10.2 Å². The van der Waals surface area contributed by atoms with E-state index in [2.05, 4.69) is 20.4 Å². The van der Waals surface area contributed by atoms with Crippen molar-refractivity contribution >= 4 is 52.1 Å². The number of carbonyl (C=O) groups is 1. The lowest BCUT2D eigenvalue weighted by molar-refractivity contribution is -0.115. The average molecular weight is 386 g/mol. The second-order valence-corrected chi connectivity index (χ2v) is 9.01. The lowest BCUT2D eigenvalue weighted by Gasteiger charge is -2.01. The van der Waals surface area contributed by atoms with Crippen molar-refractivity contribution in [3.8, 4) is 10.8 Å². The van der Waals surface area contributed by atoms with Gasteiger partial charge in [-0.05, 0) is 18.4 Å². The van der Waals surface area contributed by atoms with Crippen LogP contribution in [0.5, 0.6) is 0 Å². The largest absolute Gasteiger partial charge is 0.419 e. The molecular formula is C12H11N5O2S4. The second kappa shape index (κ2) is 7.43. The van der Waals surface area contributed by atoms with Crippen LogP contribution in [0.25, 0.3) is 10.8 Å². The van der Waals surface area contributed by atoms with Crippen molar-refractivity contribution in [3.63, 3.8) is 0 Å². The zero-order valence-corrected chi connectivity index (χ0v) is 15.1. The van der Waals surface area contributed by atoms with Gasteiger partial charge in [0.2, 0.25) is 11.8 Å². The number of aromatic nitrogens is 4. The van der Waals surface area contributed by atoms with Gasteiger partial charge in [-0.25, -0.2) is 0 Å². The molecule has 0 aliphatic heterocycles. The van der Waals surface area contributed by atoms with Crippen molar-refractivity contribution in [3.05, 3.63) is 23.4 Å². The van der Waals surface area contributed by atoms with E-state index in [1.807, 2.05) is 24.4 Å². The minimum absolute atomic E-state index is 0.0434. The lowest BCUT2D eigenvalue weighted by Crippen LogP contribution is -2.12. The van der Waals surface area contributed by atoms with Gasteiger partial charge < -0.3 is 10.2 Å². The Morgan fingerprint density at radius 2 is 2.17 bits per heavy atom. The zero-order valence-electron chi connectivity index (χ0n) is 11.8. The number of thiophene rings is 1. The maximum atomic E-state index is 10.8. The van der Waals surface area contributed by atoms with Crippen molar-refractivity contribution in [2.24, 2.45) is 5.73 Å². The van der Waals surface area contributed by atoms with Crippen molar-refractivity contribution in [1.82, 2.24) is 20.4 Å². The number of primary amides is 1. The molecule has 11 heteroatoms. The number of rotatable bonds is 7. The Kier molecular flexibility index (Phi) is 5.30. The first-order valence-corrected chi connectivity index (χ1v) is 9.96. The molecule has 23 heavy (non-hydrogen) atoms. The number of carbonyl (C=O) groups excluding carboxylic acids is 1. The molecule has 1 unspecified atom stereocenters. The molecular weight excluding hydrogens is 374 g/mol. The van der Waals surface area contributed by atoms with Gasteiger partial charge in [0.1, 0.15) is 0 Å². The van der Waals surface area contributed by atoms with Gasteiger partial charge >= 0.3 is 0 Å². The highest BCUT2D eigenvalue weighted by Crippen LogP contribution is 2.38. The summed E-state index contributed by atoms with van der Waals surface area (Å²) < 4.78 is 7.19. The molecule has 3 aromatic rings. The third-order valence-electron chi connectivity index (χ3n) is 2.52. The average Bonchev–Trinajstić information content (AvgIpc) is 3.25. The molecule has 0 fully saturated rings. The standard InChI is InChI=1S/C12H11N5O2S4/c1-6(9-14-15-10(19-9)7-3-2-4-20-7)22-12-17-16-11(23-12)21-5-8(13)18/h2-4,6H,5H2,1H3,(H2,13,18). The summed E-state index contributed by atoms with van der Waals surface area (Å²) in [4.78, 5) is 11.7. The first kappa shape index (κ1) is 16.4. The van der Waals surface area contributed by atoms with Gasteiger partial charge in [0.05, 0.1) is 15.9 Å². The summed E-state index contributed by atoms with van der Waals surface area (Å²) in [6.45, 7) is 1.97. The Labute approximate surface area is 148 Å². The minimum atomic E-state index is -0.375. The SMILES string of the molecule is CC(Sc1nnc(SCC(N)=O)s1)c1nnc(-c2cccs2)o1. The second-order valence-electron chi connectivity index (χ2n) is 4.27. The fourth-order valence-electron chi connectivity index (χ4n) is 1.54. The Bertz CT molecular complexity index is 785. The molecule has 7 nitrogen and oxygen atoms in total. The maximum absolute atomic E-state index is 10.8. The van der Waals surface area contributed by atoms with Crippen LogP contribution in [0.1, 0.15) is 18.1 Å². The molecule has 1 amide bonds. The van der Waals surface area contributed by atoms with Gasteiger partial charge in [-0.2, -0.15) is 0 Å².